The molecule has 152 valence electrons. The highest BCUT2D eigenvalue weighted by Gasteiger charge is 2.25. The fraction of sp³-hybridized carbons (Fsp3) is 0.667. The molecule has 1 heterocycles. The smallest absolute Gasteiger partial charge is 0.191 e. The molecule has 1 fully saturated rings. The number of nitrogens with one attached hydrogen (secondary N) is 2. The van der Waals surface area contributed by atoms with E-state index in [-0.39, 0.29) is 0 Å². The summed E-state index contributed by atoms with van der Waals surface area (Å²) in [6.07, 6.45) is 1.09. The summed E-state index contributed by atoms with van der Waals surface area (Å²) in [6, 6.07) is 9.19. The largest absolute Gasteiger partial charge is 0.495 e. The SMILES string of the molecule is CCNC(=NCCN(CC)C(C)C)NC1CCN(c2ccccc2OC)C1. The predicted molar refractivity (Wildman–Crippen MR) is 115 cm³/mol. The Kier molecular flexibility index (Phi) is 8.72. The van der Waals surface area contributed by atoms with Crippen LogP contribution in [0.15, 0.2) is 29.3 Å². The molecule has 1 unspecified atom stereocenters. The number of rotatable bonds is 9. The summed E-state index contributed by atoms with van der Waals surface area (Å²) in [4.78, 5) is 9.61. The van der Waals surface area contributed by atoms with Gasteiger partial charge < -0.3 is 20.3 Å². The molecule has 27 heavy (non-hydrogen) atoms. The summed E-state index contributed by atoms with van der Waals surface area (Å²) in [5.41, 5.74) is 1.17. The first-order chi connectivity index (χ1) is 13.1. The zero-order chi connectivity index (χ0) is 19.6. The first-order valence-corrected chi connectivity index (χ1v) is 10.3. The van der Waals surface area contributed by atoms with Crippen molar-refractivity contribution in [3.63, 3.8) is 0 Å². The van der Waals surface area contributed by atoms with Crippen LogP contribution in [0.3, 0.4) is 0 Å². The minimum atomic E-state index is 0.389. The Balaban J connectivity index is 1.92. The highest BCUT2D eigenvalue weighted by molar-refractivity contribution is 5.80. The van der Waals surface area contributed by atoms with Crippen LogP contribution in [0.4, 0.5) is 5.69 Å². The molecule has 0 spiro atoms. The van der Waals surface area contributed by atoms with Gasteiger partial charge in [-0.1, -0.05) is 19.1 Å². The van der Waals surface area contributed by atoms with Crippen molar-refractivity contribution in [1.29, 1.82) is 0 Å². The van der Waals surface area contributed by atoms with Crippen LogP contribution in [0.5, 0.6) is 5.75 Å². The first-order valence-electron chi connectivity index (χ1n) is 10.3. The van der Waals surface area contributed by atoms with E-state index in [1.54, 1.807) is 7.11 Å². The van der Waals surface area contributed by atoms with Crippen LogP contribution in [0.25, 0.3) is 0 Å². The highest BCUT2D eigenvalue weighted by Crippen LogP contribution is 2.30. The number of likely N-dealkylation sites (N-methyl/N-ethyl adjacent to an activating group) is 1. The minimum Gasteiger partial charge on any atom is -0.495 e. The number of aliphatic imine (C=N–C) groups is 1. The van der Waals surface area contributed by atoms with Gasteiger partial charge in [-0.2, -0.15) is 0 Å². The summed E-state index contributed by atoms with van der Waals surface area (Å²) in [7, 11) is 1.73. The third kappa shape index (κ3) is 6.31. The van der Waals surface area contributed by atoms with Gasteiger partial charge in [0.2, 0.25) is 0 Å². The van der Waals surface area contributed by atoms with Gasteiger partial charge in [-0.3, -0.25) is 9.89 Å². The second kappa shape index (κ2) is 11.0. The van der Waals surface area contributed by atoms with Crippen LogP contribution in [0.2, 0.25) is 0 Å². The topological polar surface area (TPSA) is 52.1 Å². The molecule has 6 heteroatoms. The van der Waals surface area contributed by atoms with Gasteiger partial charge in [-0.05, 0) is 45.9 Å². The maximum atomic E-state index is 5.52. The van der Waals surface area contributed by atoms with E-state index in [0.29, 0.717) is 12.1 Å². The molecule has 1 aliphatic heterocycles. The van der Waals surface area contributed by atoms with Crippen molar-refractivity contribution in [2.75, 3.05) is 51.3 Å². The van der Waals surface area contributed by atoms with Crippen molar-refractivity contribution in [1.82, 2.24) is 15.5 Å². The van der Waals surface area contributed by atoms with Crippen molar-refractivity contribution in [3.8, 4) is 5.75 Å². The highest BCUT2D eigenvalue weighted by atomic mass is 16.5. The average molecular weight is 376 g/mol. The Morgan fingerprint density at radius 1 is 1.33 bits per heavy atom. The molecule has 2 rings (SSSR count). The zero-order valence-corrected chi connectivity index (χ0v) is 17.7. The molecule has 0 aliphatic carbocycles. The van der Waals surface area contributed by atoms with Gasteiger partial charge in [0.25, 0.3) is 0 Å². The molecule has 0 aromatic heterocycles. The van der Waals surface area contributed by atoms with E-state index in [9.17, 15) is 0 Å². The standard InChI is InChI=1S/C21H37N5O/c1-6-22-21(23-13-15-25(7-2)17(3)4)24-18-12-14-26(16-18)19-10-8-9-11-20(19)27-5/h8-11,17-18H,6-7,12-16H2,1-5H3,(H2,22,23,24). The number of anilines is 1. The Labute approximate surface area is 165 Å². The first kappa shape index (κ1) is 21.4. The van der Waals surface area contributed by atoms with Gasteiger partial charge in [0.15, 0.2) is 5.96 Å². The van der Waals surface area contributed by atoms with Gasteiger partial charge in [-0.25, -0.2) is 0 Å². The van der Waals surface area contributed by atoms with E-state index in [0.717, 1.165) is 57.4 Å². The van der Waals surface area contributed by atoms with Gasteiger partial charge >= 0.3 is 0 Å². The fourth-order valence-corrected chi connectivity index (χ4v) is 3.57. The summed E-state index contributed by atoms with van der Waals surface area (Å²) in [5, 5.41) is 7.00. The maximum Gasteiger partial charge on any atom is 0.191 e. The zero-order valence-electron chi connectivity index (χ0n) is 17.7. The van der Waals surface area contributed by atoms with Crippen LogP contribution >= 0.6 is 0 Å². The van der Waals surface area contributed by atoms with E-state index < -0.39 is 0 Å². The van der Waals surface area contributed by atoms with Crippen LogP contribution in [0.1, 0.15) is 34.1 Å². The lowest BCUT2D eigenvalue weighted by atomic mass is 10.2. The Morgan fingerprint density at radius 2 is 2.11 bits per heavy atom. The number of hydrogen-bond acceptors (Lipinski definition) is 4. The number of methoxy groups -OCH3 is 1. The number of para-hydroxylation sites is 2. The van der Waals surface area contributed by atoms with Crippen LogP contribution in [0, 0.1) is 0 Å². The second-order valence-electron chi connectivity index (χ2n) is 7.23. The van der Waals surface area contributed by atoms with Crippen LogP contribution in [-0.4, -0.2) is 69.3 Å². The van der Waals surface area contributed by atoms with Gasteiger partial charge in [-0.15, -0.1) is 0 Å². The van der Waals surface area contributed by atoms with E-state index >= 15 is 0 Å². The molecular weight excluding hydrogens is 338 g/mol. The predicted octanol–water partition coefficient (Wildman–Crippen LogP) is 2.56. The molecule has 0 bridgehead atoms. The molecule has 0 radical (unpaired) electrons. The second-order valence-corrected chi connectivity index (χ2v) is 7.23. The third-order valence-electron chi connectivity index (χ3n) is 5.09. The number of guanidine groups is 1. The number of nitrogens with zero attached hydrogens (tertiary/aromatic N) is 3. The maximum absolute atomic E-state index is 5.52. The summed E-state index contributed by atoms with van der Waals surface area (Å²) >= 11 is 0. The lowest BCUT2D eigenvalue weighted by molar-refractivity contribution is 0.240. The molecule has 1 saturated heterocycles. The molecule has 6 nitrogen and oxygen atoms in total. The molecule has 1 aromatic carbocycles. The number of ether oxygens (including phenoxy) is 1. The van der Waals surface area contributed by atoms with E-state index in [1.807, 2.05) is 12.1 Å². The molecule has 0 amide bonds. The van der Waals surface area contributed by atoms with Gasteiger partial charge in [0, 0.05) is 38.3 Å². The van der Waals surface area contributed by atoms with Crippen LogP contribution < -0.4 is 20.3 Å². The number of hydrogen-bond donors (Lipinski definition) is 2. The minimum absolute atomic E-state index is 0.389. The Bertz CT molecular complexity index is 590. The summed E-state index contributed by atoms with van der Waals surface area (Å²) in [6.45, 7) is 14.5. The van der Waals surface area contributed by atoms with Crippen molar-refractivity contribution in [3.05, 3.63) is 24.3 Å². The van der Waals surface area contributed by atoms with E-state index in [2.05, 4.69) is 60.3 Å². The van der Waals surface area contributed by atoms with E-state index in [1.165, 1.54) is 5.69 Å². The average Bonchev–Trinajstić information content (AvgIpc) is 3.13. The Hall–Kier alpha value is -1.95. The molecule has 2 N–H and O–H groups in total. The number of benzene rings is 1. The van der Waals surface area contributed by atoms with Crippen molar-refractivity contribution in [2.45, 2.75) is 46.2 Å². The third-order valence-corrected chi connectivity index (χ3v) is 5.09. The molecule has 1 aliphatic rings. The van der Waals surface area contributed by atoms with Gasteiger partial charge in [0.05, 0.1) is 19.3 Å². The Morgan fingerprint density at radius 3 is 2.78 bits per heavy atom. The summed E-state index contributed by atoms with van der Waals surface area (Å²) < 4.78 is 5.52. The molecule has 0 saturated carbocycles. The molecule has 1 aromatic rings. The lowest BCUT2D eigenvalue weighted by Gasteiger charge is -2.24. The van der Waals surface area contributed by atoms with Gasteiger partial charge in [0.1, 0.15) is 5.75 Å². The van der Waals surface area contributed by atoms with Crippen molar-refractivity contribution < 1.29 is 4.74 Å². The summed E-state index contributed by atoms with van der Waals surface area (Å²) in [5.74, 6) is 1.86. The quantitative estimate of drug-likeness (QED) is 0.513. The van der Waals surface area contributed by atoms with Crippen molar-refractivity contribution >= 4 is 11.6 Å². The van der Waals surface area contributed by atoms with Crippen LogP contribution in [-0.2, 0) is 0 Å². The molecule has 1 atom stereocenters. The van der Waals surface area contributed by atoms with E-state index in [4.69, 9.17) is 9.73 Å². The molecular formula is C21H37N5O. The lowest BCUT2D eigenvalue weighted by Crippen LogP contribution is -2.45. The normalized spacial score (nSPS) is 17.7. The van der Waals surface area contributed by atoms with Crippen molar-refractivity contribution in [2.24, 2.45) is 4.99 Å². The fourth-order valence-electron chi connectivity index (χ4n) is 3.57. The monoisotopic (exact) mass is 375 g/mol.